The van der Waals surface area contributed by atoms with E-state index in [1.165, 1.54) is 17.5 Å². The summed E-state index contributed by atoms with van der Waals surface area (Å²) < 4.78 is 79.7. The topological polar surface area (TPSA) is 88.7 Å². The van der Waals surface area contributed by atoms with E-state index in [0.717, 1.165) is 58.3 Å². The number of carbonyl (C=O) groups excluding carboxylic acids is 1. The van der Waals surface area contributed by atoms with Gasteiger partial charge in [-0.2, -0.15) is 17.5 Å². The lowest BCUT2D eigenvalue weighted by atomic mass is 10.1. The van der Waals surface area contributed by atoms with Crippen molar-refractivity contribution in [3.8, 4) is 0 Å². The summed E-state index contributed by atoms with van der Waals surface area (Å²) in [5.74, 6) is -0.296. The van der Waals surface area contributed by atoms with E-state index in [4.69, 9.17) is 9.47 Å². The molecule has 4 rings (SSSR count). The monoisotopic (exact) mass is 624 g/mol. The molecule has 42 heavy (non-hydrogen) atoms. The van der Waals surface area contributed by atoms with Gasteiger partial charge in [0, 0.05) is 41.5 Å². The van der Waals surface area contributed by atoms with Crippen molar-refractivity contribution >= 4 is 48.3 Å². The van der Waals surface area contributed by atoms with Gasteiger partial charge < -0.3 is 14.5 Å². The fraction of sp³-hybridized carbons (Fsp3) is 0.433. The molecule has 1 atom stereocenters. The molecule has 0 aliphatic rings. The Morgan fingerprint density at radius 3 is 2.60 bits per heavy atom. The van der Waals surface area contributed by atoms with E-state index in [1.807, 2.05) is 38.2 Å². The highest BCUT2D eigenvalue weighted by Gasteiger charge is 2.33. The van der Waals surface area contributed by atoms with Gasteiger partial charge in [0.1, 0.15) is 4.21 Å². The zero-order valence-corrected chi connectivity index (χ0v) is 25.6. The average Bonchev–Trinajstić information content (AvgIpc) is 3.50. The SMILES string of the molecule is CCCN(C[C@@H](C)OCCCc1ccc2c(CC(=O)OC)c[nH]c2c1)S(=O)(=O)c1sc2ccc(C(F)(F)F)cc2c1C. The van der Waals surface area contributed by atoms with Gasteiger partial charge in [-0.05, 0) is 79.5 Å². The van der Waals surface area contributed by atoms with Crippen LogP contribution >= 0.6 is 11.3 Å². The van der Waals surface area contributed by atoms with Crippen LogP contribution in [0.4, 0.5) is 13.2 Å². The molecule has 0 bridgehead atoms. The molecule has 1 N–H and O–H groups in total. The number of fused-ring (bicyclic) bond motifs is 2. The number of ether oxygens (including phenoxy) is 2. The third kappa shape index (κ3) is 7.16. The lowest BCUT2D eigenvalue weighted by molar-refractivity contribution is -0.140. The van der Waals surface area contributed by atoms with E-state index < -0.39 is 21.8 Å². The summed E-state index contributed by atoms with van der Waals surface area (Å²) in [6.07, 6.45) is -0.817. The van der Waals surface area contributed by atoms with Crippen LogP contribution in [0.25, 0.3) is 21.0 Å². The van der Waals surface area contributed by atoms with E-state index in [-0.39, 0.29) is 35.8 Å². The number of sulfonamides is 1. The van der Waals surface area contributed by atoms with Crippen LogP contribution in [0.5, 0.6) is 0 Å². The highest BCUT2D eigenvalue weighted by atomic mass is 32.2. The molecule has 0 aliphatic carbocycles. The Hall–Kier alpha value is -2.93. The first-order valence-corrected chi connectivity index (χ1v) is 16.0. The zero-order valence-electron chi connectivity index (χ0n) is 24.0. The lowest BCUT2D eigenvalue weighted by Crippen LogP contribution is -2.38. The van der Waals surface area contributed by atoms with Crippen molar-refractivity contribution in [2.24, 2.45) is 0 Å². The molecule has 4 aromatic rings. The Bertz CT molecular complexity index is 1660. The second kappa shape index (κ2) is 13.2. The molecule has 0 radical (unpaired) electrons. The molecule has 0 aliphatic heterocycles. The predicted molar refractivity (Wildman–Crippen MR) is 158 cm³/mol. The lowest BCUT2D eigenvalue weighted by Gasteiger charge is -2.25. The minimum Gasteiger partial charge on any atom is -0.469 e. The van der Waals surface area contributed by atoms with Crippen LogP contribution in [0.3, 0.4) is 0 Å². The molecule has 0 saturated heterocycles. The van der Waals surface area contributed by atoms with Crippen LogP contribution in [0.2, 0.25) is 0 Å². The van der Waals surface area contributed by atoms with Crippen LogP contribution in [-0.2, 0) is 43.3 Å². The van der Waals surface area contributed by atoms with Gasteiger partial charge in [0.25, 0.3) is 10.0 Å². The number of aryl methyl sites for hydroxylation is 2. The second-order valence-electron chi connectivity index (χ2n) is 10.3. The third-order valence-electron chi connectivity index (χ3n) is 7.13. The maximum Gasteiger partial charge on any atom is 0.416 e. The highest BCUT2D eigenvalue weighted by molar-refractivity contribution is 7.91. The molecular weight excluding hydrogens is 589 g/mol. The van der Waals surface area contributed by atoms with Crippen LogP contribution < -0.4 is 0 Å². The number of hydrogen-bond acceptors (Lipinski definition) is 6. The summed E-state index contributed by atoms with van der Waals surface area (Å²) in [7, 11) is -2.58. The number of aromatic nitrogens is 1. The Balaban J connectivity index is 1.37. The maximum atomic E-state index is 13.7. The highest BCUT2D eigenvalue weighted by Crippen LogP contribution is 2.39. The maximum absolute atomic E-state index is 13.7. The van der Waals surface area contributed by atoms with Gasteiger partial charge in [-0.15, -0.1) is 11.3 Å². The first kappa shape index (κ1) is 32.0. The summed E-state index contributed by atoms with van der Waals surface area (Å²) in [4.78, 5) is 14.8. The van der Waals surface area contributed by atoms with E-state index >= 15 is 0 Å². The smallest absolute Gasteiger partial charge is 0.416 e. The number of esters is 1. The van der Waals surface area contributed by atoms with Crippen molar-refractivity contribution in [1.82, 2.24) is 9.29 Å². The number of hydrogen-bond donors (Lipinski definition) is 1. The number of nitrogens with zero attached hydrogens (tertiary/aromatic N) is 1. The molecule has 7 nitrogen and oxygen atoms in total. The quantitative estimate of drug-likeness (QED) is 0.130. The Morgan fingerprint density at radius 1 is 1.14 bits per heavy atom. The number of alkyl halides is 3. The second-order valence-corrected chi connectivity index (χ2v) is 13.5. The number of methoxy groups -OCH3 is 1. The molecule has 2 aromatic heterocycles. The summed E-state index contributed by atoms with van der Waals surface area (Å²) in [6, 6.07) is 9.37. The van der Waals surface area contributed by atoms with Crippen molar-refractivity contribution < 1.29 is 35.9 Å². The first-order valence-electron chi connectivity index (χ1n) is 13.7. The fourth-order valence-electron chi connectivity index (χ4n) is 4.96. The fourth-order valence-corrected chi connectivity index (χ4v) is 8.45. The standard InChI is InChI=1S/C30H35F3N2O5S2/c1-5-12-35(42(37,38)29-20(3)25-16-23(30(31,32)33)9-11-27(25)41-29)18-19(2)40-13-6-7-21-8-10-24-22(15-28(36)39-4)17-34-26(24)14-21/h8-11,14,16-17,19,34H,5-7,12-13,15,18H2,1-4H3/t19-/m1/s1. The van der Waals surface area contributed by atoms with Gasteiger partial charge in [0.05, 0.1) is 25.2 Å². The van der Waals surface area contributed by atoms with Crippen molar-refractivity contribution in [1.29, 1.82) is 0 Å². The van der Waals surface area contributed by atoms with Crippen LogP contribution in [0.1, 0.15) is 48.9 Å². The number of benzene rings is 2. The predicted octanol–water partition coefficient (Wildman–Crippen LogP) is 6.86. The molecule has 0 spiro atoms. The van der Waals surface area contributed by atoms with Gasteiger partial charge in [0.2, 0.25) is 0 Å². The minimum atomic E-state index is -4.51. The molecule has 0 unspecified atom stereocenters. The minimum absolute atomic E-state index is 0.0620. The first-order chi connectivity index (χ1) is 19.8. The summed E-state index contributed by atoms with van der Waals surface area (Å²) >= 11 is 0.993. The molecular formula is C30H35F3N2O5S2. The number of nitrogens with one attached hydrogen (secondary N) is 1. The van der Waals surface area contributed by atoms with Gasteiger partial charge in [-0.3, -0.25) is 4.79 Å². The summed E-state index contributed by atoms with van der Waals surface area (Å²) in [5.41, 5.74) is 2.45. The van der Waals surface area contributed by atoms with Crippen molar-refractivity contribution in [2.45, 2.75) is 62.9 Å². The van der Waals surface area contributed by atoms with Crippen molar-refractivity contribution in [3.05, 3.63) is 64.8 Å². The number of aromatic amines is 1. The summed E-state index contributed by atoms with van der Waals surface area (Å²) in [6.45, 7) is 6.08. The van der Waals surface area contributed by atoms with Crippen molar-refractivity contribution in [3.63, 3.8) is 0 Å². The van der Waals surface area contributed by atoms with E-state index in [0.29, 0.717) is 28.7 Å². The van der Waals surface area contributed by atoms with E-state index in [2.05, 4.69) is 4.98 Å². The van der Waals surface area contributed by atoms with Crippen molar-refractivity contribution in [2.75, 3.05) is 26.8 Å². The number of thiophene rings is 1. The van der Waals surface area contributed by atoms with Gasteiger partial charge >= 0.3 is 12.1 Å². The molecule has 0 amide bonds. The van der Waals surface area contributed by atoms with Crippen LogP contribution in [-0.4, -0.2) is 56.6 Å². The molecule has 0 fully saturated rings. The van der Waals surface area contributed by atoms with Gasteiger partial charge in [-0.1, -0.05) is 19.1 Å². The van der Waals surface area contributed by atoms with Gasteiger partial charge in [0.15, 0.2) is 0 Å². The van der Waals surface area contributed by atoms with Crippen LogP contribution in [0.15, 0.2) is 46.8 Å². The normalized spacial score (nSPS) is 13.3. The van der Waals surface area contributed by atoms with Gasteiger partial charge in [-0.25, -0.2) is 8.42 Å². The Morgan fingerprint density at radius 2 is 1.90 bits per heavy atom. The molecule has 228 valence electrons. The summed E-state index contributed by atoms with van der Waals surface area (Å²) in [5, 5.41) is 1.27. The number of carbonyl (C=O) groups is 1. The largest absolute Gasteiger partial charge is 0.469 e. The third-order valence-corrected chi connectivity index (χ3v) is 10.9. The number of rotatable bonds is 13. The zero-order chi connectivity index (χ0) is 30.7. The molecule has 2 heterocycles. The van der Waals surface area contributed by atoms with E-state index in [9.17, 15) is 26.4 Å². The van der Waals surface area contributed by atoms with Crippen LogP contribution in [0, 0.1) is 6.92 Å². The molecule has 2 aromatic carbocycles. The van der Waals surface area contributed by atoms with E-state index in [1.54, 1.807) is 6.92 Å². The Kier molecular flexibility index (Phi) is 10.0. The molecule has 12 heteroatoms. The Labute approximate surface area is 247 Å². The number of halogens is 3. The molecule has 0 saturated carbocycles. The average molecular weight is 625 g/mol. The number of H-pyrrole nitrogens is 1.